The van der Waals surface area contributed by atoms with E-state index in [1.165, 1.54) is 12.1 Å². The Morgan fingerprint density at radius 2 is 2.00 bits per heavy atom. The highest BCUT2D eigenvalue weighted by atomic mass is 19.1. The highest BCUT2D eigenvalue weighted by Crippen LogP contribution is 2.28. The Hall–Kier alpha value is -1.42. The molecular weight excluding hydrogens is 221 g/mol. The molecule has 0 unspecified atom stereocenters. The van der Waals surface area contributed by atoms with Crippen LogP contribution in [0.15, 0.2) is 24.3 Å². The van der Waals surface area contributed by atoms with E-state index < -0.39 is 5.97 Å². The molecule has 1 N–H and O–H groups in total. The van der Waals surface area contributed by atoms with Gasteiger partial charge in [-0.25, -0.2) is 4.39 Å². The number of aliphatic carboxylic acids is 1. The summed E-state index contributed by atoms with van der Waals surface area (Å²) in [5, 5.41) is 8.69. The van der Waals surface area contributed by atoms with Gasteiger partial charge in [0, 0.05) is 19.1 Å². The Labute approximate surface area is 99.9 Å². The molecule has 92 valence electrons. The zero-order valence-corrected chi connectivity index (χ0v) is 9.60. The van der Waals surface area contributed by atoms with Crippen molar-refractivity contribution in [2.45, 2.75) is 31.8 Å². The maximum absolute atomic E-state index is 12.8. The van der Waals surface area contributed by atoms with Gasteiger partial charge in [0.05, 0.1) is 6.42 Å². The number of rotatable bonds is 6. The van der Waals surface area contributed by atoms with E-state index in [1.54, 1.807) is 12.1 Å². The van der Waals surface area contributed by atoms with E-state index in [-0.39, 0.29) is 12.2 Å². The van der Waals surface area contributed by atoms with Crippen molar-refractivity contribution in [3.05, 3.63) is 35.6 Å². The van der Waals surface area contributed by atoms with E-state index in [9.17, 15) is 9.18 Å². The van der Waals surface area contributed by atoms with Gasteiger partial charge >= 0.3 is 5.97 Å². The minimum Gasteiger partial charge on any atom is -0.481 e. The van der Waals surface area contributed by atoms with Gasteiger partial charge in [-0.3, -0.25) is 9.69 Å². The van der Waals surface area contributed by atoms with Crippen molar-refractivity contribution in [1.82, 2.24) is 4.90 Å². The molecule has 0 bridgehead atoms. The van der Waals surface area contributed by atoms with Crippen molar-refractivity contribution in [1.29, 1.82) is 0 Å². The predicted molar refractivity (Wildman–Crippen MR) is 62.1 cm³/mol. The van der Waals surface area contributed by atoms with Crippen LogP contribution >= 0.6 is 0 Å². The van der Waals surface area contributed by atoms with Crippen LogP contribution in [-0.2, 0) is 11.3 Å². The molecule has 0 saturated heterocycles. The molecule has 0 spiro atoms. The third-order valence-corrected chi connectivity index (χ3v) is 2.98. The lowest BCUT2D eigenvalue weighted by Gasteiger charge is -2.21. The lowest BCUT2D eigenvalue weighted by molar-refractivity contribution is -0.137. The first-order valence-electron chi connectivity index (χ1n) is 5.85. The molecule has 1 saturated carbocycles. The van der Waals surface area contributed by atoms with Gasteiger partial charge in [0.25, 0.3) is 0 Å². The first kappa shape index (κ1) is 12.0. The Balaban J connectivity index is 1.92. The van der Waals surface area contributed by atoms with Crippen LogP contribution in [0.25, 0.3) is 0 Å². The molecule has 0 aliphatic heterocycles. The fourth-order valence-electron chi connectivity index (χ4n) is 1.89. The van der Waals surface area contributed by atoms with Crippen LogP contribution in [0.2, 0.25) is 0 Å². The molecule has 3 nitrogen and oxygen atoms in total. The van der Waals surface area contributed by atoms with Crippen molar-refractivity contribution in [3.8, 4) is 0 Å². The number of halogens is 1. The Morgan fingerprint density at radius 1 is 1.35 bits per heavy atom. The van der Waals surface area contributed by atoms with Crippen molar-refractivity contribution >= 4 is 5.97 Å². The standard InChI is InChI=1S/C13H16FNO2/c14-11-3-1-10(2-4-11)9-15(12-5-6-12)8-7-13(16)17/h1-4,12H,5-9H2,(H,16,17). The molecule has 4 heteroatoms. The lowest BCUT2D eigenvalue weighted by atomic mass is 10.2. The molecule has 1 fully saturated rings. The number of hydrogen-bond acceptors (Lipinski definition) is 2. The van der Waals surface area contributed by atoms with Crippen molar-refractivity contribution < 1.29 is 14.3 Å². The third kappa shape index (κ3) is 3.82. The normalized spacial score (nSPS) is 15.2. The maximum Gasteiger partial charge on any atom is 0.304 e. The van der Waals surface area contributed by atoms with Gasteiger partial charge in [-0.15, -0.1) is 0 Å². The molecular formula is C13H16FNO2. The number of benzene rings is 1. The first-order chi connectivity index (χ1) is 8.15. The number of carboxylic acids is 1. The van der Waals surface area contributed by atoms with Crippen LogP contribution in [0, 0.1) is 5.82 Å². The molecule has 0 radical (unpaired) electrons. The Kier molecular flexibility index (Phi) is 3.74. The van der Waals surface area contributed by atoms with E-state index in [0.29, 0.717) is 19.1 Å². The van der Waals surface area contributed by atoms with Crippen LogP contribution in [0.1, 0.15) is 24.8 Å². The summed E-state index contributed by atoms with van der Waals surface area (Å²) in [6, 6.07) is 6.91. The topological polar surface area (TPSA) is 40.5 Å². The number of nitrogens with zero attached hydrogens (tertiary/aromatic N) is 1. The van der Waals surface area contributed by atoms with Gasteiger partial charge in [0.1, 0.15) is 5.82 Å². The summed E-state index contributed by atoms with van der Waals surface area (Å²) in [4.78, 5) is 12.7. The highest BCUT2D eigenvalue weighted by molar-refractivity contribution is 5.66. The van der Waals surface area contributed by atoms with Crippen LogP contribution in [-0.4, -0.2) is 28.6 Å². The minimum atomic E-state index is -0.769. The highest BCUT2D eigenvalue weighted by Gasteiger charge is 2.28. The zero-order valence-electron chi connectivity index (χ0n) is 9.60. The summed E-state index contributed by atoms with van der Waals surface area (Å²) in [7, 11) is 0. The van der Waals surface area contributed by atoms with Crippen LogP contribution in [0.4, 0.5) is 4.39 Å². The average Bonchev–Trinajstić information content (AvgIpc) is 3.10. The first-order valence-corrected chi connectivity index (χ1v) is 5.85. The number of hydrogen-bond donors (Lipinski definition) is 1. The van der Waals surface area contributed by atoms with E-state index in [1.807, 2.05) is 0 Å². The second-order valence-electron chi connectivity index (χ2n) is 4.47. The molecule has 1 aliphatic carbocycles. The van der Waals surface area contributed by atoms with Gasteiger partial charge in [0.2, 0.25) is 0 Å². The molecule has 0 atom stereocenters. The molecule has 17 heavy (non-hydrogen) atoms. The van der Waals surface area contributed by atoms with Gasteiger partial charge in [-0.1, -0.05) is 12.1 Å². The van der Waals surface area contributed by atoms with E-state index in [4.69, 9.17) is 5.11 Å². The Bertz CT molecular complexity index is 387. The summed E-state index contributed by atoms with van der Waals surface area (Å²) in [5.74, 6) is -1.01. The molecule has 0 amide bonds. The monoisotopic (exact) mass is 237 g/mol. The second kappa shape index (κ2) is 5.27. The van der Waals surface area contributed by atoms with Crippen molar-refractivity contribution in [3.63, 3.8) is 0 Å². The minimum absolute atomic E-state index is 0.164. The quantitative estimate of drug-likeness (QED) is 0.825. The maximum atomic E-state index is 12.8. The van der Waals surface area contributed by atoms with Gasteiger partial charge in [0.15, 0.2) is 0 Å². The fraction of sp³-hybridized carbons (Fsp3) is 0.462. The molecule has 2 rings (SSSR count). The largest absolute Gasteiger partial charge is 0.481 e. The summed E-state index contributed by atoms with van der Waals surface area (Å²) in [6.45, 7) is 1.27. The van der Waals surface area contributed by atoms with E-state index in [0.717, 1.165) is 18.4 Å². The number of carboxylic acid groups (broad SMARTS) is 1. The number of carbonyl (C=O) groups is 1. The molecule has 0 heterocycles. The molecule has 0 aromatic heterocycles. The summed E-state index contributed by atoms with van der Waals surface area (Å²) in [5.41, 5.74) is 1.03. The summed E-state index contributed by atoms with van der Waals surface area (Å²) >= 11 is 0. The van der Waals surface area contributed by atoms with Crippen LogP contribution in [0.5, 0.6) is 0 Å². The lowest BCUT2D eigenvalue weighted by Crippen LogP contribution is -2.28. The smallest absolute Gasteiger partial charge is 0.304 e. The van der Waals surface area contributed by atoms with Gasteiger partial charge in [-0.05, 0) is 30.5 Å². The summed E-state index contributed by atoms with van der Waals surface area (Å²) in [6.07, 6.45) is 2.44. The molecule has 1 aromatic carbocycles. The molecule has 1 aromatic rings. The predicted octanol–water partition coefficient (Wildman–Crippen LogP) is 2.26. The van der Waals surface area contributed by atoms with Gasteiger partial charge < -0.3 is 5.11 Å². The average molecular weight is 237 g/mol. The van der Waals surface area contributed by atoms with E-state index >= 15 is 0 Å². The zero-order chi connectivity index (χ0) is 12.3. The SMILES string of the molecule is O=C(O)CCN(Cc1ccc(F)cc1)C1CC1. The Morgan fingerprint density at radius 3 is 2.53 bits per heavy atom. The summed E-state index contributed by atoms with van der Waals surface area (Å²) < 4.78 is 12.8. The third-order valence-electron chi connectivity index (χ3n) is 2.98. The van der Waals surface area contributed by atoms with Crippen molar-refractivity contribution in [2.24, 2.45) is 0 Å². The molecule has 1 aliphatic rings. The van der Waals surface area contributed by atoms with Crippen molar-refractivity contribution in [2.75, 3.05) is 6.54 Å². The van der Waals surface area contributed by atoms with Gasteiger partial charge in [-0.2, -0.15) is 0 Å². The van der Waals surface area contributed by atoms with Crippen LogP contribution < -0.4 is 0 Å². The second-order valence-corrected chi connectivity index (χ2v) is 4.47. The fourth-order valence-corrected chi connectivity index (χ4v) is 1.89. The van der Waals surface area contributed by atoms with Crippen LogP contribution in [0.3, 0.4) is 0 Å². The van der Waals surface area contributed by atoms with E-state index in [2.05, 4.69) is 4.90 Å².